The summed E-state index contributed by atoms with van der Waals surface area (Å²) in [5, 5.41) is 23.3. The number of aliphatic hydroxyl groups is 2. The summed E-state index contributed by atoms with van der Waals surface area (Å²) in [5.41, 5.74) is 0. The normalized spacial score (nSPS) is 14.3. The van der Waals surface area contributed by atoms with E-state index in [1.165, 1.54) is 109 Å². The van der Waals surface area contributed by atoms with Crippen LogP contribution in [0.2, 0.25) is 0 Å². The van der Waals surface area contributed by atoms with E-state index in [4.69, 9.17) is 0 Å². The Morgan fingerprint density at radius 3 is 1.44 bits per heavy atom. The number of hydrogen-bond acceptors (Lipinski definition) is 5. The first kappa shape index (κ1) is 43.8. The lowest BCUT2D eigenvalue weighted by Crippen LogP contribution is -2.50. The maximum Gasteiger partial charge on any atom is 0.267 e. The van der Waals surface area contributed by atoms with E-state index >= 15 is 0 Å². The lowest BCUT2D eigenvalue weighted by atomic mass is 10.0. The van der Waals surface area contributed by atoms with Gasteiger partial charge in [0, 0.05) is 0 Å². The lowest BCUT2D eigenvalue weighted by Gasteiger charge is -2.22. The summed E-state index contributed by atoms with van der Waals surface area (Å²) in [6.45, 7) is 4.46. The largest absolute Gasteiger partial charge is 0.387 e. The Bertz CT molecular complexity index is 829. The Kier molecular flexibility index (Phi) is 30.5. The molecule has 3 unspecified atom stereocenters. The van der Waals surface area contributed by atoms with Gasteiger partial charge >= 0.3 is 0 Å². The second kappa shape index (κ2) is 31.4. The molecule has 0 aromatic rings. The van der Waals surface area contributed by atoms with Gasteiger partial charge in [-0.2, -0.15) is 8.42 Å². The van der Waals surface area contributed by atoms with Crippen LogP contribution in [0.4, 0.5) is 0 Å². The molecule has 0 aromatic heterocycles. The number of amides is 1. The van der Waals surface area contributed by atoms with Crippen LogP contribution in [0.3, 0.4) is 0 Å². The van der Waals surface area contributed by atoms with Crippen LogP contribution < -0.4 is 5.32 Å². The molecule has 0 aliphatic carbocycles. The van der Waals surface area contributed by atoms with E-state index in [-0.39, 0.29) is 6.42 Å². The summed E-state index contributed by atoms with van der Waals surface area (Å²) in [6, 6.07) is -1.23. The van der Waals surface area contributed by atoms with Crippen molar-refractivity contribution in [1.82, 2.24) is 5.32 Å². The van der Waals surface area contributed by atoms with Crippen molar-refractivity contribution in [2.75, 3.05) is 5.75 Å². The average molecular weight is 658 g/mol. The van der Waals surface area contributed by atoms with E-state index in [1.807, 2.05) is 0 Å². The monoisotopic (exact) mass is 658 g/mol. The molecule has 0 aromatic carbocycles. The van der Waals surface area contributed by atoms with Crippen LogP contribution in [0, 0.1) is 0 Å². The molecule has 0 rings (SSSR count). The first-order valence-corrected chi connectivity index (χ1v) is 20.3. The predicted octanol–water partition coefficient (Wildman–Crippen LogP) is 9.38. The molecule has 0 saturated carbocycles. The molecule has 0 radical (unpaired) electrons. The van der Waals surface area contributed by atoms with Crippen molar-refractivity contribution in [3.63, 3.8) is 0 Å². The number of nitrogens with one attached hydrogen (secondary N) is 1. The molecule has 0 aliphatic rings. The van der Waals surface area contributed by atoms with Crippen molar-refractivity contribution >= 4 is 16.0 Å². The minimum absolute atomic E-state index is 0.266. The predicted molar refractivity (Wildman–Crippen MR) is 190 cm³/mol. The molecule has 0 aliphatic heterocycles. The van der Waals surface area contributed by atoms with Gasteiger partial charge in [-0.1, -0.05) is 160 Å². The van der Waals surface area contributed by atoms with E-state index in [0.29, 0.717) is 6.42 Å². The maximum absolute atomic E-state index is 12.5. The second-order valence-corrected chi connectivity index (χ2v) is 14.5. The number of rotatable bonds is 33. The first-order chi connectivity index (χ1) is 21.7. The highest BCUT2D eigenvalue weighted by Gasteiger charge is 2.27. The minimum Gasteiger partial charge on any atom is -0.387 e. The molecule has 45 heavy (non-hydrogen) atoms. The second-order valence-electron chi connectivity index (χ2n) is 13.0. The Morgan fingerprint density at radius 2 is 0.978 bits per heavy atom. The maximum atomic E-state index is 12.5. The Balaban J connectivity index is 4.10. The Labute approximate surface area is 277 Å². The van der Waals surface area contributed by atoms with Gasteiger partial charge in [-0.15, -0.1) is 0 Å². The zero-order valence-corrected chi connectivity index (χ0v) is 29.9. The molecule has 1 amide bonds. The summed E-state index contributed by atoms with van der Waals surface area (Å²) in [7, 11) is -4.44. The molecule has 8 heteroatoms. The molecule has 266 valence electrons. The van der Waals surface area contributed by atoms with Crippen molar-refractivity contribution in [1.29, 1.82) is 0 Å². The molecule has 0 saturated heterocycles. The van der Waals surface area contributed by atoms with Crippen LogP contribution in [0.5, 0.6) is 0 Å². The van der Waals surface area contributed by atoms with Crippen LogP contribution in [-0.2, 0) is 14.9 Å². The molecule has 0 spiro atoms. The summed E-state index contributed by atoms with van der Waals surface area (Å²) in [4.78, 5) is 12.5. The van der Waals surface area contributed by atoms with E-state index < -0.39 is 40.0 Å². The molecule has 0 bridgehead atoms. The SMILES string of the molecule is CCCCC/C=C\CCCCCCC(O)C(=O)NC(CS(=O)(=O)O)C(O)/C=C/CCCCCCCCCCCCCCCCC. The van der Waals surface area contributed by atoms with Gasteiger partial charge in [0.05, 0.1) is 17.9 Å². The van der Waals surface area contributed by atoms with E-state index in [0.717, 1.165) is 51.4 Å². The summed E-state index contributed by atoms with van der Waals surface area (Å²) in [5.74, 6) is -1.55. The third-order valence-electron chi connectivity index (χ3n) is 8.48. The third kappa shape index (κ3) is 31.2. The number of aliphatic hydroxyl groups excluding tert-OH is 2. The van der Waals surface area contributed by atoms with E-state index in [1.54, 1.807) is 6.08 Å². The van der Waals surface area contributed by atoms with Crippen molar-refractivity contribution in [3.05, 3.63) is 24.3 Å². The van der Waals surface area contributed by atoms with E-state index in [2.05, 4.69) is 31.3 Å². The van der Waals surface area contributed by atoms with Gasteiger partial charge in [-0.25, -0.2) is 0 Å². The highest BCUT2D eigenvalue weighted by atomic mass is 32.2. The smallest absolute Gasteiger partial charge is 0.267 e. The van der Waals surface area contributed by atoms with Crippen molar-refractivity contribution < 1.29 is 28.0 Å². The number of allylic oxidation sites excluding steroid dienone is 3. The first-order valence-electron chi connectivity index (χ1n) is 18.6. The van der Waals surface area contributed by atoms with Crippen molar-refractivity contribution in [2.24, 2.45) is 0 Å². The molecule has 4 N–H and O–H groups in total. The number of carbonyl (C=O) groups excluding carboxylic acids is 1. The van der Waals surface area contributed by atoms with Crippen molar-refractivity contribution in [3.8, 4) is 0 Å². The molecular formula is C37H71NO6S. The zero-order chi connectivity index (χ0) is 33.4. The molecule has 7 nitrogen and oxygen atoms in total. The summed E-state index contributed by atoms with van der Waals surface area (Å²) in [6.07, 6.45) is 35.2. The van der Waals surface area contributed by atoms with Gasteiger partial charge in [0.25, 0.3) is 10.1 Å². The summed E-state index contributed by atoms with van der Waals surface area (Å²) >= 11 is 0. The average Bonchev–Trinajstić information content (AvgIpc) is 3.00. The van der Waals surface area contributed by atoms with Crippen LogP contribution in [0.15, 0.2) is 24.3 Å². The molecule has 3 atom stereocenters. The minimum atomic E-state index is -4.44. The molecule has 0 heterocycles. The van der Waals surface area contributed by atoms with Crippen LogP contribution in [0.25, 0.3) is 0 Å². The number of unbranched alkanes of at least 4 members (excludes halogenated alkanes) is 22. The summed E-state index contributed by atoms with van der Waals surface area (Å²) < 4.78 is 32.4. The standard InChI is InChI=1S/C37H71NO6S/c1-3-5-7-9-11-13-15-16-17-18-19-20-22-23-25-27-29-31-35(39)34(33-45(42,43)44)38-37(41)36(40)32-30-28-26-24-21-14-12-10-8-6-4-2/h12,14,29,31,34-36,39-40H,3-11,13,15-28,30,32-33H2,1-2H3,(H,38,41)(H,42,43,44)/b14-12-,31-29+. The van der Waals surface area contributed by atoms with Crippen LogP contribution >= 0.6 is 0 Å². The fourth-order valence-corrected chi connectivity index (χ4v) is 6.30. The highest BCUT2D eigenvalue weighted by molar-refractivity contribution is 7.85. The fourth-order valence-electron chi connectivity index (χ4n) is 5.57. The van der Waals surface area contributed by atoms with Gasteiger partial charge < -0.3 is 15.5 Å². The fraction of sp³-hybridized carbons (Fsp3) is 0.865. The number of carbonyl (C=O) groups is 1. The quantitative estimate of drug-likeness (QED) is 0.0317. The van der Waals surface area contributed by atoms with Gasteiger partial charge in [0.15, 0.2) is 0 Å². The van der Waals surface area contributed by atoms with Gasteiger partial charge in [0.1, 0.15) is 6.10 Å². The highest BCUT2D eigenvalue weighted by Crippen LogP contribution is 2.14. The van der Waals surface area contributed by atoms with Crippen LogP contribution in [0.1, 0.15) is 181 Å². The lowest BCUT2D eigenvalue weighted by molar-refractivity contribution is -0.130. The zero-order valence-electron chi connectivity index (χ0n) is 29.1. The Hall–Kier alpha value is -1.22. The molecule has 0 fully saturated rings. The Morgan fingerprint density at radius 1 is 0.600 bits per heavy atom. The van der Waals surface area contributed by atoms with Gasteiger partial charge in [-0.3, -0.25) is 9.35 Å². The van der Waals surface area contributed by atoms with Gasteiger partial charge in [0.2, 0.25) is 5.91 Å². The van der Waals surface area contributed by atoms with E-state index in [9.17, 15) is 28.0 Å². The topological polar surface area (TPSA) is 124 Å². The molecular weight excluding hydrogens is 586 g/mol. The number of hydrogen-bond donors (Lipinski definition) is 4. The third-order valence-corrected chi connectivity index (χ3v) is 9.26. The van der Waals surface area contributed by atoms with Gasteiger partial charge in [-0.05, 0) is 44.9 Å². The van der Waals surface area contributed by atoms with Crippen LogP contribution in [-0.4, -0.2) is 53.1 Å². The van der Waals surface area contributed by atoms with Crippen molar-refractivity contribution in [2.45, 2.75) is 199 Å².